The summed E-state index contributed by atoms with van der Waals surface area (Å²) in [6.07, 6.45) is 0. The average molecular weight is 295 g/mol. The van der Waals surface area contributed by atoms with Gasteiger partial charge in [0.15, 0.2) is 5.76 Å². The smallest absolute Gasteiger partial charge is 0.256 e. The monoisotopic (exact) mass is 295 g/mol. The summed E-state index contributed by atoms with van der Waals surface area (Å²) in [6, 6.07) is 0.292. The number of aromatic nitrogens is 1. The van der Waals surface area contributed by atoms with E-state index in [0.717, 1.165) is 26.3 Å². The molecule has 2 rings (SSSR count). The molecule has 2 heterocycles. The maximum Gasteiger partial charge on any atom is 0.256 e. The molecular weight excluding hydrogens is 270 g/mol. The van der Waals surface area contributed by atoms with E-state index < -0.39 is 0 Å². The molecule has 0 unspecified atom stereocenters. The predicted octanol–water partition coefficient (Wildman–Crippen LogP) is 1.56. The fourth-order valence-corrected chi connectivity index (χ4v) is 2.53. The molecule has 1 aromatic heterocycles. The summed E-state index contributed by atoms with van der Waals surface area (Å²) >= 11 is 0. The zero-order valence-corrected chi connectivity index (χ0v) is 13.3. The third-order valence-corrected chi connectivity index (χ3v) is 3.87. The first-order chi connectivity index (χ1) is 10.0. The second-order valence-electron chi connectivity index (χ2n) is 5.87. The van der Waals surface area contributed by atoms with Crippen molar-refractivity contribution in [3.8, 4) is 0 Å². The van der Waals surface area contributed by atoms with Gasteiger partial charge in [-0.05, 0) is 13.8 Å². The third-order valence-electron chi connectivity index (χ3n) is 3.87. The quantitative estimate of drug-likeness (QED) is 0.893. The molecule has 1 N–H and O–H groups in total. The van der Waals surface area contributed by atoms with Gasteiger partial charge < -0.3 is 14.6 Å². The molecule has 118 valence electrons. The van der Waals surface area contributed by atoms with E-state index in [1.807, 2.05) is 13.8 Å². The molecule has 21 heavy (non-hydrogen) atoms. The normalized spacial score (nSPS) is 18.0. The van der Waals surface area contributed by atoms with E-state index in [1.165, 1.54) is 0 Å². The molecular formula is C15H25N3O3. The van der Waals surface area contributed by atoms with Crippen LogP contribution in [0.25, 0.3) is 0 Å². The van der Waals surface area contributed by atoms with Crippen molar-refractivity contribution in [2.24, 2.45) is 0 Å². The highest BCUT2D eigenvalue weighted by Gasteiger charge is 2.23. The molecule has 1 aliphatic heterocycles. The number of carbonyl (C=O) groups excluding carboxylic acids is 1. The molecule has 1 fully saturated rings. The number of hydrogen-bond donors (Lipinski definition) is 1. The van der Waals surface area contributed by atoms with Crippen molar-refractivity contribution in [2.45, 2.75) is 39.7 Å². The second kappa shape index (κ2) is 7.04. The summed E-state index contributed by atoms with van der Waals surface area (Å²) < 4.78 is 10.6. The van der Waals surface area contributed by atoms with Crippen molar-refractivity contribution in [3.63, 3.8) is 0 Å². The fraction of sp³-hybridized carbons (Fsp3) is 0.733. The van der Waals surface area contributed by atoms with E-state index in [0.29, 0.717) is 29.6 Å². The number of morpholine rings is 1. The largest absolute Gasteiger partial charge is 0.379 e. The molecule has 1 amide bonds. The number of hydrogen-bond acceptors (Lipinski definition) is 5. The van der Waals surface area contributed by atoms with Crippen molar-refractivity contribution in [3.05, 3.63) is 17.0 Å². The lowest BCUT2D eigenvalue weighted by Gasteiger charge is -2.32. The number of rotatable bonds is 5. The van der Waals surface area contributed by atoms with Gasteiger partial charge in [0.1, 0.15) is 5.56 Å². The van der Waals surface area contributed by atoms with Crippen LogP contribution >= 0.6 is 0 Å². The number of nitrogens with one attached hydrogen (secondary N) is 1. The summed E-state index contributed by atoms with van der Waals surface area (Å²) in [5, 5.41) is 6.91. The van der Waals surface area contributed by atoms with Crippen LogP contribution in [0.2, 0.25) is 0 Å². The highest BCUT2D eigenvalue weighted by atomic mass is 16.5. The van der Waals surface area contributed by atoms with Crippen LogP contribution in [0.1, 0.15) is 48.5 Å². The topological polar surface area (TPSA) is 67.6 Å². The van der Waals surface area contributed by atoms with Gasteiger partial charge in [-0.3, -0.25) is 9.69 Å². The van der Waals surface area contributed by atoms with Gasteiger partial charge in [0.25, 0.3) is 5.91 Å². The van der Waals surface area contributed by atoms with Crippen molar-refractivity contribution in [1.29, 1.82) is 0 Å². The van der Waals surface area contributed by atoms with E-state index in [9.17, 15) is 4.79 Å². The molecule has 0 aliphatic carbocycles. The van der Waals surface area contributed by atoms with Crippen LogP contribution in [-0.4, -0.2) is 54.9 Å². The third kappa shape index (κ3) is 3.83. The Kier molecular flexibility index (Phi) is 5.36. The van der Waals surface area contributed by atoms with Crippen LogP contribution in [0, 0.1) is 6.92 Å². The Hall–Kier alpha value is -1.40. The van der Waals surface area contributed by atoms with E-state index in [1.54, 1.807) is 6.92 Å². The summed E-state index contributed by atoms with van der Waals surface area (Å²) in [4.78, 5) is 14.7. The number of amides is 1. The standard InChI is InChI=1S/C15H25N3O3/c1-10(2)14-13(12(4)17-21-14)15(19)16-9-11(3)18-5-7-20-8-6-18/h10-11H,5-9H2,1-4H3,(H,16,19)/t11-/m1/s1. The molecule has 0 bridgehead atoms. The summed E-state index contributed by atoms with van der Waals surface area (Å²) in [7, 11) is 0. The Bertz CT molecular complexity index is 479. The van der Waals surface area contributed by atoms with Gasteiger partial charge in [-0.25, -0.2) is 0 Å². The lowest BCUT2D eigenvalue weighted by Crippen LogP contribution is -2.47. The predicted molar refractivity (Wildman–Crippen MR) is 79.5 cm³/mol. The van der Waals surface area contributed by atoms with E-state index in [-0.39, 0.29) is 11.8 Å². The van der Waals surface area contributed by atoms with Crippen molar-refractivity contribution >= 4 is 5.91 Å². The number of aryl methyl sites for hydroxylation is 1. The van der Waals surface area contributed by atoms with E-state index in [2.05, 4.69) is 22.3 Å². The van der Waals surface area contributed by atoms with Crippen molar-refractivity contribution in [2.75, 3.05) is 32.8 Å². The molecule has 0 spiro atoms. The summed E-state index contributed by atoms with van der Waals surface area (Å²) in [5.74, 6) is 0.699. The van der Waals surface area contributed by atoms with Crippen LogP contribution in [0.15, 0.2) is 4.52 Å². The minimum Gasteiger partial charge on any atom is -0.379 e. The van der Waals surface area contributed by atoms with Crippen molar-refractivity contribution in [1.82, 2.24) is 15.4 Å². The Morgan fingerprint density at radius 2 is 2.00 bits per heavy atom. The lowest BCUT2D eigenvalue weighted by molar-refractivity contribution is 0.0204. The highest BCUT2D eigenvalue weighted by Crippen LogP contribution is 2.22. The lowest BCUT2D eigenvalue weighted by atomic mass is 10.0. The van der Waals surface area contributed by atoms with Crippen LogP contribution in [0.5, 0.6) is 0 Å². The maximum atomic E-state index is 12.4. The Balaban J connectivity index is 1.94. The van der Waals surface area contributed by atoms with Gasteiger partial charge in [-0.15, -0.1) is 0 Å². The zero-order valence-electron chi connectivity index (χ0n) is 13.3. The summed E-state index contributed by atoms with van der Waals surface area (Å²) in [5.41, 5.74) is 1.23. The molecule has 6 heteroatoms. The van der Waals surface area contributed by atoms with Gasteiger partial charge in [0.05, 0.1) is 18.9 Å². The fourth-order valence-electron chi connectivity index (χ4n) is 2.53. The van der Waals surface area contributed by atoms with Gasteiger partial charge >= 0.3 is 0 Å². The Morgan fingerprint density at radius 1 is 1.33 bits per heavy atom. The Labute approximate surface area is 125 Å². The molecule has 0 saturated carbocycles. The van der Waals surface area contributed by atoms with E-state index >= 15 is 0 Å². The number of carbonyl (C=O) groups is 1. The van der Waals surface area contributed by atoms with Crippen molar-refractivity contribution < 1.29 is 14.1 Å². The first-order valence-corrected chi connectivity index (χ1v) is 7.56. The minimum absolute atomic E-state index is 0.0995. The molecule has 1 saturated heterocycles. The van der Waals surface area contributed by atoms with Crippen LogP contribution < -0.4 is 5.32 Å². The number of nitrogens with zero attached hydrogens (tertiary/aromatic N) is 2. The minimum atomic E-state index is -0.0995. The first kappa shape index (κ1) is 16.0. The second-order valence-corrected chi connectivity index (χ2v) is 5.87. The van der Waals surface area contributed by atoms with E-state index in [4.69, 9.17) is 9.26 Å². The van der Waals surface area contributed by atoms with Crippen LogP contribution in [0.4, 0.5) is 0 Å². The molecule has 1 atom stereocenters. The SMILES string of the molecule is Cc1noc(C(C)C)c1C(=O)NC[C@@H](C)N1CCOCC1. The molecule has 1 aliphatic rings. The van der Waals surface area contributed by atoms with Gasteiger partial charge in [-0.1, -0.05) is 19.0 Å². The molecule has 0 aromatic carbocycles. The van der Waals surface area contributed by atoms with Crippen LogP contribution in [-0.2, 0) is 4.74 Å². The van der Waals surface area contributed by atoms with Gasteiger partial charge in [0, 0.05) is 31.6 Å². The van der Waals surface area contributed by atoms with Gasteiger partial charge in [-0.2, -0.15) is 0 Å². The summed E-state index contributed by atoms with van der Waals surface area (Å²) in [6.45, 7) is 11.9. The molecule has 0 radical (unpaired) electrons. The molecule has 6 nitrogen and oxygen atoms in total. The highest BCUT2D eigenvalue weighted by molar-refractivity contribution is 5.96. The average Bonchev–Trinajstić information content (AvgIpc) is 2.87. The van der Waals surface area contributed by atoms with Gasteiger partial charge in [0.2, 0.25) is 0 Å². The molecule has 1 aromatic rings. The Morgan fingerprint density at radius 3 is 2.62 bits per heavy atom. The first-order valence-electron chi connectivity index (χ1n) is 7.56. The zero-order chi connectivity index (χ0) is 15.4. The maximum absolute atomic E-state index is 12.4. The number of ether oxygens (including phenoxy) is 1. The van der Waals surface area contributed by atoms with Crippen LogP contribution in [0.3, 0.4) is 0 Å².